The predicted octanol–water partition coefficient (Wildman–Crippen LogP) is 5.17. The summed E-state index contributed by atoms with van der Waals surface area (Å²) < 4.78 is 2.25. The van der Waals surface area contributed by atoms with Crippen molar-refractivity contribution in [3.8, 4) is 0 Å². The Morgan fingerprint density at radius 1 is 0.929 bits per heavy atom. The normalized spacial score (nSPS) is 14.8. The first-order valence-corrected chi connectivity index (χ1v) is 10.9. The van der Waals surface area contributed by atoms with E-state index in [-0.39, 0.29) is 5.91 Å². The summed E-state index contributed by atoms with van der Waals surface area (Å²) in [4.78, 5) is 21.9. The molecular weight excluding hydrogens is 434 g/mol. The molecule has 5 rings (SSSR count). The van der Waals surface area contributed by atoms with Crippen LogP contribution in [0.5, 0.6) is 0 Å². The minimum absolute atomic E-state index is 0.110. The number of carbonyl (C=O) groups excluding carboxylic acids is 1. The van der Waals surface area contributed by atoms with E-state index in [0.717, 1.165) is 44.5 Å². The number of carbonyl (C=O) groups is 1. The molecule has 0 radical (unpaired) electrons. The molecule has 1 aliphatic rings. The molecule has 0 aliphatic carbocycles. The Kier molecular flexibility index (Phi) is 4.53. The number of hydrogen-bond acceptors (Lipinski definition) is 4. The van der Waals surface area contributed by atoms with E-state index in [1.807, 2.05) is 47.4 Å². The number of aromatic nitrogens is 1. The van der Waals surface area contributed by atoms with Crippen LogP contribution in [0.2, 0.25) is 0 Å². The van der Waals surface area contributed by atoms with E-state index in [1.54, 1.807) is 11.3 Å². The highest BCUT2D eigenvalue weighted by atomic mass is 79.9. The van der Waals surface area contributed by atoms with Crippen LogP contribution < -0.4 is 4.90 Å². The van der Waals surface area contributed by atoms with E-state index in [2.05, 4.69) is 39.0 Å². The Labute approximate surface area is 175 Å². The molecule has 140 valence electrons. The highest BCUT2D eigenvalue weighted by molar-refractivity contribution is 9.10. The van der Waals surface area contributed by atoms with Gasteiger partial charge in [0.1, 0.15) is 0 Å². The van der Waals surface area contributed by atoms with E-state index in [9.17, 15) is 4.79 Å². The van der Waals surface area contributed by atoms with E-state index < -0.39 is 0 Å². The maximum absolute atomic E-state index is 13.0. The Hall–Kier alpha value is -2.44. The Bertz CT molecular complexity index is 1180. The molecule has 6 heteroatoms. The second-order valence-electron chi connectivity index (χ2n) is 6.95. The molecule has 4 aromatic rings. The highest BCUT2D eigenvalue weighted by Crippen LogP contribution is 2.31. The molecule has 1 saturated heterocycles. The van der Waals surface area contributed by atoms with Crippen LogP contribution in [0.4, 0.5) is 5.13 Å². The summed E-state index contributed by atoms with van der Waals surface area (Å²) in [7, 11) is 0. The van der Waals surface area contributed by atoms with Crippen molar-refractivity contribution in [3.05, 3.63) is 70.7 Å². The van der Waals surface area contributed by atoms with Crippen molar-refractivity contribution in [3.63, 3.8) is 0 Å². The molecule has 1 fully saturated rings. The van der Waals surface area contributed by atoms with Crippen molar-refractivity contribution in [1.29, 1.82) is 0 Å². The molecule has 0 atom stereocenters. The number of hydrogen-bond donors (Lipinski definition) is 0. The first-order chi connectivity index (χ1) is 13.7. The van der Waals surface area contributed by atoms with Crippen molar-refractivity contribution in [2.45, 2.75) is 0 Å². The molecule has 1 aliphatic heterocycles. The minimum atomic E-state index is 0.110. The van der Waals surface area contributed by atoms with Gasteiger partial charge in [0, 0.05) is 36.2 Å². The smallest absolute Gasteiger partial charge is 0.253 e. The van der Waals surface area contributed by atoms with Gasteiger partial charge in [0.25, 0.3) is 5.91 Å². The number of benzene rings is 3. The fourth-order valence-electron chi connectivity index (χ4n) is 3.63. The van der Waals surface area contributed by atoms with Gasteiger partial charge < -0.3 is 9.80 Å². The number of rotatable bonds is 2. The zero-order valence-corrected chi connectivity index (χ0v) is 17.5. The summed E-state index contributed by atoms with van der Waals surface area (Å²) in [6.45, 7) is 3.04. The monoisotopic (exact) mass is 451 g/mol. The highest BCUT2D eigenvalue weighted by Gasteiger charge is 2.24. The number of halogens is 1. The van der Waals surface area contributed by atoms with Crippen molar-refractivity contribution in [1.82, 2.24) is 9.88 Å². The number of anilines is 1. The molecule has 2 heterocycles. The number of fused-ring (bicyclic) bond motifs is 2. The molecule has 4 nitrogen and oxygen atoms in total. The van der Waals surface area contributed by atoms with Crippen LogP contribution in [0.1, 0.15) is 10.4 Å². The van der Waals surface area contributed by atoms with Crippen LogP contribution >= 0.6 is 27.3 Å². The Balaban J connectivity index is 1.30. The molecule has 0 saturated carbocycles. The lowest BCUT2D eigenvalue weighted by molar-refractivity contribution is 0.0747. The second-order valence-corrected chi connectivity index (χ2v) is 8.87. The van der Waals surface area contributed by atoms with E-state index in [4.69, 9.17) is 4.98 Å². The molecule has 0 bridgehead atoms. The number of thiazole rings is 1. The van der Waals surface area contributed by atoms with Gasteiger partial charge in [-0.25, -0.2) is 4.98 Å². The average molecular weight is 452 g/mol. The maximum Gasteiger partial charge on any atom is 0.253 e. The first kappa shape index (κ1) is 17.6. The van der Waals surface area contributed by atoms with Gasteiger partial charge in [-0.15, -0.1) is 0 Å². The van der Waals surface area contributed by atoms with E-state index in [0.29, 0.717) is 13.1 Å². The second kappa shape index (κ2) is 7.18. The van der Waals surface area contributed by atoms with Gasteiger partial charge in [0.2, 0.25) is 0 Å². The molecule has 1 amide bonds. The fraction of sp³-hybridized carbons (Fsp3) is 0.182. The van der Waals surface area contributed by atoms with Gasteiger partial charge in [-0.3, -0.25) is 4.79 Å². The van der Waals surface area contributed by atoms with E-state index >= 15 is 0 Å². The van der Waals surface area contributed by atoms with Crippen LogP contribution in [0.25, 0.3) is 21.0 Å². The fourth-order valence-corrected chi connectivity index (χ4v) is 5.20. The molecule has 0 spiro atoms. The first-order valence-electron chi connectivity index (χ1n) is 9.26. The largest absolute Gasteiger partial charge is 0.345 e. The Morgan fingerprint density at radius 3 is 2.54 bits per heavy atom. The third-order valence-corrected chi connectivity index (χ3v) is 6.75. The lowest BCUT2D eigenvalue weighted by Crippen LogP contribution is -2.48. The summed E-state index contributed by atoms with van der Waals surface area (Å²) in [5, 5.41) is 3.30. The summed E-state index contributed by atoms with van der Waals surface area (Å²) in [6.07, 6.45) is 0. The van der Waals surface area contributed by atoms with Crippen LogP contribution in [0.15, 0.2) is 65.1 Å². The van der Waals surface area contributed by atoms with Gasteiger partial charge in [-0.2, -0.15) is 0 Å². The number of piperazine rings is 1. The van der Waals surface area contributed by atoms with Gasteiger partial charge in [0.05, 0.1) is 10.2 Å². The third-order valence-electron chi connectivity index (χ3n) is 5.17. The lowest BCUT2D eigenvalue weighted by atomic mass is 10.1. The minimum Gasteiger partial charge on any atom is -0.345 e. The van der Waals surface area contributed by atoms with Crippen LogP contribution in [-0.4, -0.2) is 42.0 Å². The SMILES string of the molecule is O=C(c1ccc2ccccc2c1)N1CCN(c2nc3ccc(Br)cc3s2)CC1. The van der Waals surface area contributed by atoms with Crippen LogP contribution in [0.3, 0.4) is 0 Å². The molecular formula is C22H18BrN3OS. The topological polar surface area (TPSA) is 36.4 Å². The number of amides is 1. The van der Waals surface area contributed by atoms with E-state index in [1.165, 1.54) is 4.70 Å². The third kappa shape index (κ3) is 3.27. The Morgan fingerprint density at radius 2 is 1.71 bits per heavy atom. The van der Waals surface area contributed by atoms with Gasteiger partial charge >= 0.3 is 0 Å². The molecule has 0 N–H and O–H groups in total. The molecule has 0 unspecified atom stereocenters. The lowest BCUT2D eigenvalue weighted by Gasteiger charge is -2.34. The van der Waals surface area contributed by atoms with Crippen molar-refractivity contribution in [2.75, 3.05) is 31.1 Å². The van der Waals surface area contributed by atoms with Crippen LogP contribution in [0, 0.1) is 0 Å². The van der Waals surface area contributed by atoms with Gasteiger partial charge in [0.15, 0.2) is 5.13 Å². The van der Waals surface area contributed by atoms with Crippen LogP contribution in [-0.2, 0) is 0 Å². The maximum atomic E-state index is 13.0. The van der Waals surface area contributed by atoms with Gasteiger partial charge in [-0.1, -0.05) is 57.6 Å². The zero-order valence-electron chi connectivity index (χ0n) is 15.1. The molecule has 28 heavy (non-hydrogen) atoms. The summed E-state index contributed by atoms with van der Waals surface area (Å²) >= 11 is 5.23. The zero-order chi connectivity index (χ0) is 19.1. The van der Waals surface area contributed by atoms with Crippen molar-refractivity contribution in [2.24, 2.45) is 0 Å². The molecule has 1 aromatic heterocycles. The average Bonchev–Trinajstić information content (AvgIpc) is 3.16. The summed E-state index contributed by atoms with van der Waals surface area (Å²) in [5.74, 6) is 0.110. The standard InChI is InChI=1S/C22H18BrN3OS/c23-18-7-8-19-20(14-18)28-22(24-19)26-11-9-25(10-12-26)21(27)17-6-5-15-3-1-2-4-16(15)13-17/h1-8,13-14H,9-12H2. The summed E-state index contributed by atoms with van der Waals surface area (Å²) in [6, 6.07) is 20.3. The van der Waals surface area contributed by atoms with Crippen molar-refractivity contribution < 1.29 is 4.79 Å². The molecule has 3 aromatic carbocycles. The summed E-state index contributed by atoms with van der Waals surface area (Å²) in [5.41, 5.74) is 1.79. The van der Waals surface area contributed by atoms with Gasteiger partial charge in [-0.05, 0) is 41.1 Å². The quantitative estimate of drug-likeness (QED) is 0.421. The predicted molar refractivity (Wildman–Crippen MR) is 119 cm³/mol. The van der Waals surface area contributed by atoms with Crippen molar-refractivity contribution >= 4 is 59.3 Å². The number of nitrogens with zero attached hydrogens (tertiary/aromatic N) is 3.